The molecular formula is C24H26N4O. The van der Waals surface area contributed by atoms with Crippen LogP contribution >= 0.6 is 0 Å². The summed E-state index contributed by atoms with van der Waals surface area (Å²) in [5, 5.41) is 3.35. The number of hydrogen-bond donors (Lipinski definition) is 1. The van der Waals surface area contributed by atoms with Gasteiger partial charge in [0.15, 0.2) is 0 Å². The third-order valence-electron chi connectivity index (χ3n) is 5.47. The molecule has 0 bridgehead atoms. The quantitative estimate of drug-likeness (QED) is 0.722. The predicted octanol–water partition coefficient (Wildman–Crippen LogP) is 4.40. The number of piperazine rings is 1. The summed E-state index contributed by atoms with van der Waals surface area (Å²) in [7, 11) is 0. The Morgan fingerprint density at radius 2 is 1.59 bits per heavy atom. The Morgan fingerprint density at radius 1 is 0.862 bits per heavy atom. The maximum Gasteiger partial charge on any atom is 0.272 e. The fourth-order valence-corrected chi connectivity index (χ4v) is 3.55. The van der Waals surface area contributed by atoms with Gasteiger partial charge in [-0.15, -0.1) is 0 Å². The van der Waals surface area contributed by atoms with Gasteiger partial charge in [-0.05, 0) is 61.4 Å². The molecule has 0 spiro atoms. The molecule has 148 valence electrons. The van der Waals surface area contributed by atoms with Crippen molar-refractivity contribution in [3.05, 3.63) is 83.7 Å². The van der Waals surface area contributed by atoms with Crippen molar-refractivity contribution < 1.29 is 4.79 Å². The van der Waals surface area contributed by atoms with Crippen molar-refractivity contribution in [1.82, 2.24) is 9.88 Å². The second kappa shape index (κ2) is 8.35. The van der Waals surface area contributed by atoms with Crippen molar-refractivity contribution in [3.63, 3.8) is 0 Å². The van der Waals surface area contributed by atoms with Crippen LogP contribution in [0.25, 0.3) is 0 Å². The monoisotopic (exact) mass is 386 g/mol. The lowest BCUT2D eigenvalue weighted by Gasteiger charge is -2.36. The molecule has 1 N–H and O–H groups in total. The Bertz CT molecular complexity index is 978. The van der Waals surface area contributed by atoms with E-state index in [0.29, 0.717) is 18.8 Å². The lowest BCUT2D eigenvalue weighted by Crippen LogP contribution is -2.49. The van der Waals surface area contributed by atoms with Crippen LogP contribution in [0.1, 0.15) is 21.6 Å². The molecule has 5 heteroatoms. The van der Waals surface area contributed by atoms with Crippen molar-refractivity contribution in [3.8, 4) is 0 Å². The fraction of sp³-hybridized carbons (Fsp3) is 0.250. The first-order valence-electron chi connectivity index (χ1n) is 10.00. The number of carbonyl (C=O) groups is 1. The van der Waals surface area contributed by atoms with Gasteiger partial charge >= 0.3 is 0 Å². The Hall–Kier alpha value is -3.34. The number of anilines is 3. The molecule has 1 fully saturated rings. The van der Waals surface area contributed by atoms with Gasteiger partial charge in [-0.25, -0.2) is 4.98 Å². The molecule has 1 aliphatic rings. The Balaban J connectivity index is 1.36. The molecule has 3 aromatic rings. The summed E-state index contributed by atoms with van der Waals surface area (Å²) in [5.41, 5.74) is 6.10. The standard InChI is InChI=1S/C24H26N4O/c1-18-8-9-20(16-19(18)2)26-21-10-11-23(25-17-21)24(29)28-14-12-27(13-15-28)22-6-4-3-5-7-22/h3-11,16-17,26H,12-15H2,1-2H3. The highest BCUT2D eigenvalue weighted by atomic mass is 16.2. The Morgan fingerprint density at radius 3 is 2.24 bits per heavy atom. The van der Waals surface area contributed by atoms with Crippen LogP contribution in [0.15, 0.2) is 66.9 Å². The van der Waals surface area contributed by atoms with Gasteiger partial charge in [0, 0.05) is 37.6 Å². The summed E-state index contributed by atoms with van der Waals surface area (Å²) in [5.74, 6) is -0.00422. The molecule has 0 radical (unpaired) electrons. The molecule has 0 unspecified atom stereocenters. The van der Waals surface area contributed by atoms with Crippen LogP contribution in [0.4, 0.5) is 17.1 Å². The molecule has 4 rings (SSSR count). The Labute approximate surface area is 172 Å². The van der Waals surface area contributed by atoms with E-state index in [2.05, 4.69) is 53.3 Å². The number of nitrogens with zero attached hydrogens (tertiary/aromatic N) is 3. The predicted molar refractivity (Wildman–Crippen MR) is 118 cm³/mol. The fourth-order valence-electron chi connectivity index (χ4n) is 3.55. The van der Waals surface area contributed by atoms with E-state index < -0.39 is 0 Å². The first kappa shape index (κ1) is 19.0. The first-order valence-corrected chi connectivity index (χ1v) is 10.00. The number of rotatable bonds is 4. The zero-order valence-electron chi connectivity index (χ0n) is 16.9. The number of nitrogens with one attached hydrogen (secondary N) is 1. The molecule has 1 saturated heterocycles. The number of benzene rings is 2. The van der Waals surface area contributed by atoms with Crippen LogP contribution in [0.3, 0.4) is 0 Å². The molecule has 1 amide bonds. The average molecular weight is 386 g/mol. The number of hydrogen-bond acceptors (Lipinski definition) is 4. The molecular weight excluding hydrogens is 360 g/mol. The number of aryl methyl sites for hydroxylation is 2. The number of pyridine rings is 1. The number of aromatic nitrogens is 1. The minimum Gasteiger partial charge on any atom is -0.368 e. The van der Waals surface area contributed by atoms with E-state index >= 15 is 0 Å². The second-order valence-corrected chi connectivity index (χ2v) is 7.47. The molecule has 2 heterocycles. The third kappa shape index (κ3) is 4.40. The summed E-state index contributed by atoms with van der Waals surface area (Å²) in [4.78, 5) is 21.4. The minimum absolute atomic E-state index is 0.00422. The summed E-state index contributed by atoms with van der Waals surface area (Å²) >= 11 is 0. The highest BCUT2D eigenvalue weighted by Crippen LogP contribution is 2.20. The average Bonchev–Trinajstić information content (AvgIpc) is 2.77. The van der Waals surface area contributed by atoms with E-state index in [-0.39, 0.29) is 5.91 Å². The summed E-state index contributed by atoms with van der Waals surface area (Å²) in [6.07, 6.45) is 1.72. The SMILES string of the molecule is Cc1ccc(Nc2ccc(C(=O)N3CCN(c4ccccc4)CC3)nc2)cc1C. The van der Waals surface area contributed by atoms with E-state index in [1.165, 1.54) is 16.8 Å². The third-order valence-corrected chi connectivity index (χ3v) is 5.47. The van der Waals surface area contributed by atoms with E-state index in [4.69, 9.17) is 0 Å². The largest absolute Gasteiger partial charge is 0.368 e. The lowest BCUT2D eigenvalue weighted by atomic mass is 10.1. The summed E-state index contributed by atoms with van der Waals surface area (Å²) in [6.45, 7) is 7.28. The maximum atomic E-state index is 12.8. The highest BCUT2D eigenvalue weighted by Gasteiger charge is 2.23. The van der Waals surface area contributed by atoms with Gasteiger partial charge in [0.2, 0.25) is 0 Å². The van der Waals surface area contributed by atoms with Gasteiger partial charge in [-0.3, -0.25) is 4.79 Å². The Kier molecular flexibility index (Phi) is 5.47. The van der Waals surface area contributed by atoms with Crippen molar-refractivity contribution in [1.29, 1.82) is 0 Å². The van der Waals surface area contributed by atoms with Gasteiger partial charge in [-0.2, -0.15) is 0 Å². The maximum absolute atomic E-state index is 12.8. The van der Waals surface area contributed by atoms with Crippen molar-refractivity contribution in [2.75, 3.05) is 36.4 Å². The van der Waals surface area contributed by atoms with Crippen LogP contribution in [0, 0.1) is 13.8 Å². The molecule has 0 atom stereocenters. The van der Waals surface area contributed by atoms with Crippen LogP contribution in [-0.2, 0) is 0 Å². The van der Waals surface area contributed by atoms with E-state index in [1.807, 2.05) is 35.2 Å². The van der Waals surface area contributed by atoms with Crippen molar-refractivity contribution in [2.45, 2.75) is 13.8 Å². The van der Waals surface area contributed by atoms with E-state index in [1.54, 1.807) is 12.3 Å². The number of para-hydroxylation sites is 1. The van der Waals surface area contributed by atoms with Crippen LogP contribution < -0.4 is 10.2 Å². The number of amides is 1. The molecule has 29 heavy (non-hydrogen) atoms. The van der Waals surface area contributed by atoms with Crippen LogP contribution in [-0.4, -0.2) is 42.0 Å². The van der Waals surface area contributed by atoms with Crippen molar-refractivity contribution >= 4 is 23.0 Å². The van der Waals surface area contributed by atoms with Crippen molar-refractivity contribution in [2.24, 2.45) is 0 Å². The van der Waals surface area contributed by atoms with E-state index in [9.17, 15) is 4.79 Å². The van der Waals surface area contributed by atoms with Gasteiger partial charge in [-0.1, -0.05) is 24.3 Å². The summed E-state index contributed by atoms with van der Waals surface area (Å²) < 4.78 is 0. The molecule has 1 aliphatic heterocycles. The van der Waals surface area contributed by atoms with Gasteiger partial charge in [0.05, 0.1) is 11.9 Å². The van der Waals surface area contributed by atoms with Crippen LogP contribution in [0.5, 0.6) is 0 Å². The van der Waals surface area contributed by atoms with Gasteiger partial charge < -0.3 is 15.1 Å². The smallest absolute Gasteiger partial charge is 0.272 e. The van der Waals surface area contributed by atoms with Gasteiger partial charge in [0.1, 0.15) is 5.69 Å². The molecule has 1 aromatic heterocycles. The van der Waals surface area contributed by atoms with E-state index in [0.717, 1.165) is 24.5 Å². The molecule has 0 saturated carbocycles. The minimum atomic E-state index is -0.00422. The zero-order valence-corrected chi connectivity index (χ0v) is 16.9. The summed E-state index contributed by atoms with van der Waals surface area (Å²) in [6, 6.07) is 20.3. The molecule has 5 nitrogen and oxygen atoms in total. The van der Waals surface area contributed by atoms with Gasteiger partial charge in [0.25, 0.3) is 5.91 Å². The normalized spacial score (nSPS) is 14.0. The highest BCUT2D eigenvalue weighted by molar-refractivity contribution is 5.92. The zero-order chi connectivity index (χ0) is 20.2. The van der Waals surface area contributed by atoms with Crippen LogP contribution in [0.2, 0.25) is 0 Å². The lowest BCUT2D eigenvalue weighted by molar-refractivity contribution is 0.0741. The molecule has 2 aromatic carbocycles. The number of carbonyl (C=O) groups excluding carboxylic acids is 1. The topological polar surface area (TPSA) is 48.5 Å². The second-order valence-electron chi connectivity index (χ2n) is 7.47. The first-order chi connectivity index (χ1) is 14.1. The molecule has 0 aliphatic carbocycles.